The molecule has 0 saturated carbocycles. The van der Waals surface area contributed by atoms with Crippen LogP contribution in [0.25, 0.3) is 0 Å². The van der Waals surface area contributed by atoms with Gasteiger partial charge in [0.15, 0.2) is 0 Å². The lowest BCUT2D eigenvalue weighted by Gasteiger charge is -2.39. The second kappa shape index (κ2) is 9.54. The maximum atomic E-state index is 13.1. The highest BCUT2D eigenvalue weighted by atomic mass is 35.5. The first-order valence-electron chi connectivity index (χ1n) is 10.5. The molecule has 2 aromatic carbocycles. The molecule has 0 atom stereocenters. The summed E-state index contributed by atoms with van der Waals surface area (Å²) in [7, 11) is 0. The van der Waals surface area contributed by atoms with Crippen LogP contribution in [0.4, 0.5) is 10.1 Å². The maximum Gasteiger partial charge on any atom is 0.225 e. The lowest BCUT2D eigenvalue weighted by molar-refractivity contribution is -0.137. The Kier molecular flexibility index (Phi) is 6.81. The van der Waals surface area contributed by atoms with Crippen molar-refractivity contribution >= 4 is 34.8 Å². The summed E-state index contributed by atoms with van der Waals surface area (Å²) >= 11 is 12.1. The second-order valence-corrected chi connectivity index (χ2v) is 8.90. The number of carbonyl (C=O) groups excluding carboxylic acids is 1. The van der Waals surface area contributed by atoms with E-state index in [1.807, 2.05) is 23.1 Å². The molecule has 0 bridgehead atoms. The number of hydrogen-bond donors (Lipinski definition) is 0. The number of piperidine rings is 1. The average molecular weight is 450 g/mol. The van der Waals surface area contributed by atoms with Gasteiger partial charge in [-0.05, 0) is 67.9 Å². The Labute approximate surface area is 187 Å². The zero-order valence-corrected chi connectivity index (χ0v) is 18.4. The Balaban J connectivity index is 1.24. The summed E-state index contributed by atoms with van der Waals surface area (Å²) in [6.45, 7) is 5.66. The van der Waals surface area contributed by atoms with Gasteiger partial charge in [-0.2, -0.15) is 0 Å². The predicted molar refractivity (Wildman–Crippen MR) is 120 cm³/mol. The number of carbonyl (C=O) groups is 1. The summed E-state index contributed by atoms with van der Waals surface area (Å²) in [4.78, 5) is 19.6. The number of amides is 1. The van der Waals surface area contributed by atoms with Crippen molar-refractivity contribution in [1.29, 1.82) is 0 Å². The van der Waals surface area contributed by atoms with Gasteiger partial charge < -0.3 is 9.80 Å². The molecule has 2 aliphatic heterocycles. The van der Waals surface area contributed by atoms with Crippen molar-refractivity contribution in [3.8, 4) is 0 Å². The molecule has 0 spiro atoms. The van der Waals surface area contributed by atoms with E-state index in [1.54, 1.807) is 12.1 Å². The van der Waals surface area contributed by atoms with Crippen molar-refractivity contribution in [2.45, 2.75) is 19.4 Å². The van der Waals surface area contributed by atoms with Gasteiger partial charge in [0.1, 0.15) is 5.82 Å². The molecule has 4 rings (SSSR count). The minimum Gasteiger partial charge on any atom is -0.368 e. The van der Waals surface area contributed by atoms with Gasteiger partial charge >= 0.3 is 0 Å². The number of likely N-dealkylation sites (tertiary alicyclic amines) is 1. The zero-order chi connectivity index (χ0) is 21.1. The fourth-order valence-corrected chi connectivity index (χ4v) is 4.65. The number of anilines is 1. The van der Waals surface area contributed by atoms with Gasteiger partial charge in [-0.15, -0.1) is 0 Å². The van der Waals surface area contributed by atoms with E-state index >= 15 is 0 Å². The van der Waals surface area contributed by atoms with Crippen molar-refractivity contribution in [1.82, 2.24) is 9.80 Å². The van der Waals surface area contributed by atoms with E-state index in [-0.39, 0.29) is 17.6 Å². The first-order valence-corrected chi connectivity index (χ1v) is 11.2. The van der Waals surface area contributed by atoms with Crippen molar-refractivity contribution in [3.63, 3.8) is 0 Å². The molecule has 0 radical (unpaired) electrons. The van der Waals surface area contributed by atoms with Gasteiger partial charge in [0, 0.05) is 44.3 Å². The van der Waals surface area contributed by atoms with Gasteiger partial charge in [-0.25, -0.2) is 4.39 Å². The van der Waals surface area contributed by atoms with E-state index < -0.39 is 0 Å². The molecule has 0 aliphatic carbocycles. The molecule has 1 amide bonds. The van der Waals surface area contributed by atoms with Crippen LogP contribution >= 0.6 is 23.2 Å². The highest BCUT2D eigenvalue weighted by molar-refractivity contribution is 6.42. The topological polar surface area (TPSA) is 26.8 Å². The third kappa shape index (κ3) is 5.08. The fraction of sp³-hybridized carbons (Fsp3) is 0.435. The lowest BCUT2D eigenvalue weighted by atomic mass is 9.94. The average Bonchev–Trinajstić information content (AvgIpc) is 2.77. The SMILES string of the molecule is O=C(C1CCN(Cc2ccc(Cl)c(Cl)c2)CC1)N1CCN(c2ccc(F)cc2)CC1. The van der Waals surface area contributed by atoms with Gasteiger partial charge in [0.25, 0.3) is 0 Å². The molecule has 0 N–H and O–H groups in total. The molecule has 2 saturated heterocycles. The van der Waals surface area contributed by atoms with Crippen molar-refractivity contribution in [2.75, 3.05) is 44.2 Å². The van der Waals surface area contributed by atoms with E-state index in [0.29, 0.717) is 10.0 Å². The van der Waals surface area contributed by atoms with Crippen LogP contribution in [-0.4, -0.2) is 55.0 Å². The lowest BCUT2D eigenvalue weighted by Crippen LogP contribution is -2.51. The fourth-order valence-electron chi connectivity index (χ4n) is 4.33. The van der Waals surface area contributed by atoms with Crippen LogP contribution < -0.4 is 4.90 Å². The molecule has 4 nitrogen and oxygen atoms in total. The zero-order valence-electron chi connectivity index (χ0n) is 16.9. The number of benzene rings is 2. The smallest absolute Gasteiger partial charge is 0.225 e. The van der Waals surface area contributed by atoms with E-state index in [4.69, 9.17) is 23.2 Å². The molecule has 7 heteroatoms. The Hall–Kier alpha value is -1.82. The molecular formula is C23H26Cl2FN3O. The second-order valence-electron chi connectivity index (χ2n) is 8.09. The van der Waals surface area contributed by atoms with Crippen molar-refractivity contribution < 1.29 is 9.18 Å². The molecule has 160 valence electrons. The number of halogens is 3. The van der Waals surface area contributed by atoms with Gasteiger partial charge in [-0.1, -0.05) is 29.3 Å². The summed E-state index contributed by atoms with van der Waals surface area (Å²) in [6.07, 6.45) is 1.77. The molecule has 2 aromatic rings. The summed E-state index contributed by atoms with van der Waals surface area (Å²) in [5.41, 5.74) is 2.16. The predicted octanol–water partition coefficient (Wildman–Crippen LogP) is 4.69. The first kappa shape index (κ1) is 21.4. The molecule has 2 fully saturated rings. The monoisotopic (exact) mass is 449 g/mol. The minimum atomic E-state index is -0.224. The van der Waals surface area contributed by atoms with E-state index in [1.165, 1.54) is 12.1 Å². The third-order valence-electron chi connectivity index (χ3n) is 6.11. The van der Waals surface area contributed by atoms with E-state index in [0.717, 1.165) is 69.9 Å². The summed E-state index contributed by atoms with van der Waals surface area (Å²) in [6, 6.07) is 12.3. The highest BCUT2D eigenvalue weighted by Crippen LogP contribution is 2.26. The van der Waals surface area contributed by atoms with Gasteiger partial charge in [0.2, 0.25) is 5.91 Å². The van der Waals surface area contributed by atoms with Crippen molar-refractivity contribution in [3.05, 3.63) is 63.9 Å². The molecule has 2 aliphatic rings. The standard InChI is InChI=1S/C23H26Cl2FN3O/c24-21-6-1-17(15-22(21)25)16-27-9-7-18(8-10-27)23(30)29-13-11-28(12-14-29)20-4-2-19(26)3-5-20/h1-6,15,18H,7-14,16H2. The number of nitrogens with zero attached hydrogens (tertiary/aromatic N) is 3. The van der Waals surface area contributed by atoms with Crippen LogP contribution in [0.1, 0.15) is 18.4 Å². The largest absolute Gasteiger partial charge is 0.368 e. The molecule has 30 heavy (non-hydrogen) atoms. The molecular weight excluding hydrogens is 424 g/mol. The number of rotatable bonds is 4. The highest BCUT2D eigenvalue weighted by Gasteiger charge is 2.30. The van der Waals surface area contributed by atoms with Gasteiger partial charge in [0.05, 0.1) is 10.0 Å². The van der Waals surface area contributed by atoms with Crippen LogP contribution in [0.5, 0.6) is 0 Å². The number of hydrogen-bond acceptors (Lipinski definition) is 3. The van der Waals surface area contributed by atoms with Crippen LogP contribution in [0.3, 0.4) is 0 Å². The van der Waals surface area contributed by atoms with E-state index in [2.05, 4.69) is 9.80 Å². The Morgan fingerprint density at radius 3 is 2.20 bits per heavy atom. The van der Waals surface area contributed by atoms with Gasteiger partial charge in [-0.3, -0.25) is 9.69 Å². The Bertz CT molecular complexity index is 877. The van der Waals surface area contributed by atoms with Crippen LogP contribution in [0.2, 0.25) is 10.0 Å². The van der Waals surface area contributed by atoms with E-state index in [9.17, 15) is 9.18 Å². The molecule has 0 aromatic heterocycles. The number of piperazine rings is 1. The first-order chi connectivity index (χ1) is 14.5. The van der Waals surface area contributed by atoms with Crippen molar-refractivity contribution in [2.24, 2.45) is 5.92 Å². The Morgan fingerprint density at radius 2 is 1.57 bits per heavy atom. The normalized spacial score (nSPS) is 18.6. The summed E-state index contributed by atoms with van der Waals surface area (Å²) in [5, 5.41) is 1.16. The quantitative estimate of drug-likeness (QED) is 0.676. The third-order valence-corrected chi connectivity index (χ3v) is 6.85. The summed E-state index contributed by atoms with van der Waals surface area (Å²) < 4.78 is 13.1. The van der Waals surface area contributed by atoms with Crippen LogP contribution in [0.15, 0.2) is 42.5 Å². The molecule has 0 unspecified atom stereocenters. The minimum absolute atomic E-state index is 0.104. The van der Waals surface area contributed by atoms with Crippen LogP contribution in [0, 0.1) is 11.7 Å². The summed E-state index contributed by atoms with van der Waals surface area (Å²) in [5.74, 6) is 0.161. The van der Waals surface area contributed by atoms with Crippen LogP contribution in [-0.2, 0) is 11.3 Å². The Morgan fingerprint density at radius 1 is 0.900 bits per heavy atom. The molecule has 2 heterocycles. The maximum absolute atomic E-state index is 13.1.